The van der Waals surface area contributed by atoms with Crippen LogP contribution in [0.3, 0.4) is 0 Å². The zero-order valence-electron chi connectivity index (χ0n) is 14.2. The first-order valence-electron chi connectivity index (χ1n) is 8.59. The van der Waals surface area contributed by atoms with Gasteiger partial charge < -0.3 is 19.3 Å². The highest BCUT2D eigenvalue weighted by Crippen LogP contribution is 2.40. The molecule has 1 N–H and O–H groups in total. The predicted octanol–water partition coefficient (Wildman–Crippen LogP) is 1.97. The molecule has 1 aromatic heterocycles. The number of halogens is 2. The Morgan fingerprint density at radius 3 is 2.62 bits per heavy atom. The van der Waals surface area contributed by atoms with Gasteiger partial charge in [-0.2, -0.15) is 0 Å². The number of nitrogens with zero attached hydrogens (tertiary/aromatic N) is 2. The van der Waals surface area contributed by atoms with Crippen LogP contribution < -0.4 is 10.3 Å². The third kappa shape index (κ3) is 2.56. The molecule has 8 heteroatoms. The molecule has 0 atom stereocenters. The molecule has 26 heavy (non-hydrogen) atoms. The molecule has 4 rings (SSSR count). The van der Waals surface area contributed by atoms with Crippen LogP contribution in [-0.4, -0.2) is 41.4 Å². The number of β-amino-alcohol motifs (C(OH)–C–C–N with tert-alkyl or cyclic N) is 1. The van der Waals surface area contributed by atoms with E-state index in [-0.39, 0.29) is 47.9 Å². The van der Waals surface area contributed by atoms with Gasteiger partial charge in [0, 0.05) is 25.3 Å². The molecule has 1 aliphatic carbocycles. The van der Waals surface area contributed by atoms with Gasteiger partial charge in [-0.1, -0.05) is 0 Å². The van der Waals surface area contributed by atoms with Crippen molar-refractivity contribution in [1.29, 1.82) is 0 Å². The number of benzene rings is 1. The Balaban J connectivity index is 1.97. The lowest BCUT2D eigenvalue weighted by molar-refractivity contribution is 0.0524. The Kier molecular flexibility index (Phi) is 3.95. The van der Waals surface area contributed by atoms with Crippen LogP contribution in [0.4, 0.5) is 14.5 Å². The van der Waals surface area contributed by atoms with Gasteiger partial charge in [-0.25, -0.2) is 13.6 Å². The van der Waals surface area contributed by atoms with E-state index >= 15 is 4.39 Å². The summed E-state index contributed by atoms with van der Waals surface area (Å²) < 4.78 is 36.2. The number of aromatic nitrogens is 1. The van der Waals surface area contributed by atoms with Gasteiger partial charge in [-0.15, -0.1) is 0 Å². The number of ether oxygens (including phenoxy) is 1. The number of carbonyl (C=O) groups is 1. The van der Waals surface area contributed by atoms with Gasteiger partial charge in [-0.05, 0) is 25.8 Å². The number of aliphatic hydroxyl groups is 1. The van der Waals surface area contributed by atoms with Gasteiger partial charge in [-0.3, -0.25) is 4.79 Å². The number of carbonyl (C=O) groups excluding carboxylic acids is 1. The number of anilines is 1. The van der Waals surface area contributed by atoms with Crippen molar-refractivity contribution in [2.75, 3.05) is 24.6 Å². The van der Waals surface area contributed by atoms with Crippen LogP contribution in [0.2, 0.25) is 0 Å². The third-order valence-electron chi connectivity index (χ3n) is 4.80. The molecule has 0 unspecified atom stereocenters. The van der Waals surface area contributed by atoms with Gasteiger partial charge in [0.1, 0.15) is 17.1 Å². The number of aliphatic hydroxyl groups excluding tert-OH is 1. The number of esters is 1. The molecule has 1 saturated heterocycles. The second kappa shape index (κ2) is 6.05. The Hall–Kier alpha value is -2.48. The molecule has 1 saturated carbocycles. The standard InChI is InChI=1S/C18H18F2N2O4/c1-2-26-18(25)12-8-22(9-3-4-9)15-11(17(12)24)5-13(19)16(14(15)20)21-6-10(23)7-21/h5,8-10,23H,2-4,6-7H2,1H3. The monoisotopic (exact) mass is 364 g/mol. The zero-order chi connectivity index (χ0) is 18.6. The minimum absolute atomic E-state index is 0.0108. The maximum absolute atomic E-state index is 15.2. The Labute approximate surface area is 147 Å². The molecule has 1 aliphatic heterocycles. The maximum atomic E-state index is 15.2. The highest BCUT2D eigenvalue weighted by molar-refractivity contribution is 5.95. The van der Waals surface area contributed by atoms with E-state index in [1.54, 1.807) is 6.92 Å². The minimum atomic E-state index is -0.887. The zero-order valence-corrected chi connectivity index (χ0v) is 14.2. The Bertz CT molecular complexity index is 962. The quantitative estimate of drug-likeness (QED) is 0.840. The number of rotatable bonds is 4. The van der Waals surface area contributed by atoms with Gasteiger partial charge >= 0.3 is 5.97 Å². The van der Waals surface area contributed by atoms with E-state index in [0.29, 0.717) is 0 Å². The lowest BCUT2D eigenvalue weighted by Gasteiger charge is -2.38. The second-order valence-corrected chi connectivity index (χ2v) is 6.71. The molecule has 0 spiro atoms. The molecule has 6 nitrogen and oxygen atoms in total. The summed E-state index contributed by atoms with van der Waals surface area (Å²) in [5.74, 6) is -2.53. The van der Waals surface area contributed by atoms with Crippen LogP contribution in [0.15, 0.2) is 17.1 Å². The highest BCUT2D eigenvalue weighted by atomic mass is 19.1. The van der Waals surface area contributed by atoms with Gasteiger partial charge in [0.25, 0.3) is 0 Å². The summed E-state index contributed by atoms with van der Waals surface area (Å²) in [6.45, 7) is 1.98. The number of hydrogen-bond donors (Lipinski definition) is 1. The molecule has 1 aromatic carbocycles. The van der Waals surface area contributed by atoms with Gasteiger partial charge in [0.2, 0.25) is 5.43 Å². The fraction of sp³-hybridized carbons (Fsp3) is 0.444. The fourth-order valence-corrected chi connectivity index (χ4v) is 3.35. The van der Waals surface area contributed by atoms with E-state index in [4.69, 9.17) is 4.74 Å². The topological polar surface area (TPSA) is 71.8 Å². The molecule has 2 aliphatic rings. The first-order valence-corrected chi connectivity index (χ1v) is 8.59. The number of pyridine rings is 1. The van der Waals surface area contributed by atoms with Crippen molar-refractivity contribution in [2.45, 2.75) is 31.9 Å². The van der Waals surface area contributed by atoms with Crippen LogP contribution in [0.5, 0.6) is 0 Å². The molecule has 2 heterocycles. The van der Waals surface area contributed by atoms with E-state index in [2.05, 4.69) is 0 Å². The summed E-state index contributed by atoms with van der Waals surface area (Å²) in [7, 11) is 0. The van der Waals surface area contributed by atoms with Crippen LogP contribution in [0, 0.1) is 11.6 Å². The summed E-state index contributed by atoms with van der Waals surface area (Å²) in [5.41, 5.74) is -1.23. The predicted molar refractivity (Wildman–Crippen MR) is 90.6 cm³/mol. The number of hydrogen-bond acceptors (Lipinski definition) is 5. The first kappa shape index (κ1) is 17.0. The molecule has 0 radical (unpaired) electrons. The van der Waals surface area contributed by atoms with Gasteiger partial charge in [0.05, 0.1) is 23.6 Å². The Morgan fingerprint density at radius 1 is 1.35 bits per heavy atom. The normalized spacial score (nSPS) is 17.5. The van der Waals surface area contributed by atoms with Crippen molar-refractivity contribution in [1.82, 2.24) is 4.57 Å². The van der Waals surface area contributed by atoms with Crippen LogP contribution in [0.25, 0.3) is 10.9 Å². The van der Waals surface area contributed by atoms with Crippen LogP contribution in [0.1, 0.15) is 36.2 Å². The van der Waals surface area contributed by atoms with E-state index in [9.17, 15) is 19.1 Å². The molecule has 2 aromatic rings. The Morgan fingerprint density at radius 2 is 2.04 bits per heavy atom. The molecule has 138 valence electrons. The van der Waals surface area contributed by atoms with Gasteiger partial charge in [0.15, 0.2) is 5.82 Å². The highest BCUT2D eigenvalue weighted by Gasteiger charge is 2.34. The van der Waals surface area contributed by atoms with Crippen molar-refractivity contribution in [3.63, 3.8) is 0 Å². The van der Waals surface area contributed by atoms with Crippen molar-refractivity contribution in [3.8, 4) is 0 Å². The van der Waals surface area contributed by atoms with Crippen molar-refractivity contribution < 1.29 is 23.4 Å². The van der Waals surface area contributed by atoms with Crippen molar-refractivity contribution >= 4 is 22.6 Å². The molecular weight excluding hydrogens is 346 g/mol. The van der Waals surface area contributed by atoms with Crippen molar-refractivity contribution in [3.05, 3.63) is 39.7 Å². The molecular formula is C18H18F2N2O4. The summed E-state index contributed by atoms with van der Waals surface area (Å²) in [5, 5.41) is 9.25. The average molecular weight is 364 g/mol. The van der Waals surface area contributed by atoms with E-state index in [1.165, 1.54) is 15.7 Å². The van der Waals surface area contributed by atoms with E-state index in [1.807, 2.05) is 0 Å². The molecule has 0 amide bonds. The fourth-order valence-electron chi connectivity index (χ4n) is 3.35. The largest absolute Gasteiger partial charge is 0.462 e. The average Bonchev–Trinajstić information content (AvgIpc) is 3.39. The lowest BCUT2D eigenvalue weighted by Crippen LogP contribution is -2.51. The second-order valence-electron chi connectivity index (χ2n) is 6.71. The third-order valence-corrected chi connectivity index (χ3v) is 4.80. The van der Waals surface area contributed by atoms with Crippen LogP contribution >= 0.6 is 0 Å². The summed E-state index contributed by atoms with van der Waals surface area (Å²) >= 11 is 0. The molecule has 0 bridgehead atoms. The number of fused-ring (bicyclic) bond motifs is 1. The SMILES string of the molecule is CCOC(=O)c1cn(C2CC2)c2c(F)c(N3CC(O)C3)c(F)cc2c1=O. The molecule has 2 fully saturated rings. The minimum Gasteiger partial charge on any atom is -0.462 e. The van der Waals surface area contributed by atoms with Crippen LogP contribution in [-0.2, 0) is 4.74 Å². The summed E-state index contributed by atoms with van der Waals surface area (Å²) in [6, 6.07) is 0.934. The van der Waals surface area contributed by atoms with E-state index in [0.717, 1.165) is 18.9 Å². The summed E-state index contributed by atoms with van der Waals surface area (Å²) in [4.78, 5) is 26.1. The van der Waals surface area contributed by atoms with E-state index < -0.39 is 29.1 Å². The first-order chi connectivity index (χ1) is 12.4. The maximum Gasteiger partial charge on any atom is 0.343 e. The van der Waals surface area contributed by atoms with Crippen molar-refractivity contribution in [2.24, 2.45) is 0 Å². The summed E-state index contributed by atoms with van der Waals surface area (Å²) in [6.07, 6.45) is 2.26. The smallest absolute Gasteiger partial charge is 0.343 e. The lowest BCUT2D eigenvalue weighted by atomic mass is 10.1.